The molecule has 15 heteroatoms. The molecule has 0 unspecified atom stereocenters. The van der Waals surface area contributed by atoms with Crippen molar-refractivity contribution in [1.82, 2.24) is 20.4 Å². The molecule has 2 aliphatic heterocycles. The molecule has 6 aromatic rings. The molecule has 3 amide bonds. The molecule has 0 atom stereocenters. The van der Waals surface area contributed by atoms with Crippen LogP contribution in [0.4, 0.5) is 4.79 Å². The van der Waals surface area contributed by atoms with Crippen molar-refractivity contribution in [3.8, 4) is 0 Å². The maximum absolute atomic E-state index is 13.8. The number of carbonyl (C=O) groups excluding carboxylic acids is 3. The van der Waals surface area contributed by atoms with E-state index >= 15 is 0 Å². The van der Waals surface area contributed by atoms with E-state index < -0.39 is 37.0 Å². The number of ether oxygens (including phenoxy) is 3. The van der Waals surface area contributed by atoms with Crippen molar-refractivity contribution >= 4 is 87.2 Å². The fraction of sp³-hybridized carbons (Fsp3) is 0.375. The topological polar surface area (TPSA) is 159 Å². The van der Waals surface area contributed by atoms with Gasteiger partial charge in [-0.3, -0.25) is 15.0 Å². The first-order valence-corrected chi connectivity index (χ1v) is 31.4. The molecule has 0 bridgehead atoms. The molecule has 0 spiro atoms. The normalized spacial score (nSPS) is 14.9. The van der Waals surface area contributed by atoms with E-state index in [4.69, 9.17) is 25.4 Å². The largest absolute Gasteiger partial charge is 0.444 e. The lowest BCUT2D eigenvalue weighted by molar-refractivity contribution is -0.138. The zero-order valence-electron chi connectivity index (χ0n) is 46.9. The molecule has 2 heterocycles. The van der Waals surface area contributed by atoms with E-state index in [1.807, 2.05) is 20.8 Å². The van der Waals surface area contributed by atoms with Crippen LogP contribution in [0.3, 0.4) is 0 Å². The number of halogens is 1. The summed E-state index contributed by atoms with van der Waals surface area (Å²) in [6.45, 7) is 9.51. The molecule has 420 valence electrons. The average Bonchev–Trinajstić information content (AvgIpc) is 3.51. The van der Waals surface area contributed by atoms with Crippen LogP contribution in [0.2, 0.25) is 0 Å². The molecule has 2 fully saturated rings. The zero-order valence-corrected chi connectivity index (χ0v) is 50.4. The smallest absolute Gasteiger partial charge is 0.410 e. The highest BCUT2D eigenvalue weighted by Gasteiger charge is 2.48. The summed E-state index contributed by atoms with van der Waals surface area (Å²) in [5.74, 6) is -0.00641. The number of hydrogen-bond donors (Lipinski definition) is 4. The van der Waals surface area contributed by atoms with Crippen LogP contribution in [0.15, 0.2) is 182 Å². The second-order valence-electron chi connectivity index (χ2n) is 21.7. The molecule has 8 rings (SSSR count). The van der Waals surface area contributed by atoms with E-state index in [1.165, 1.54) is 36.7 Å². The van der Waals surface area contributed by atoms with Crippen LogP contribution in [0.1, 0.15) is 59.3 Å². The summed E-state index contributed by atoms with van der Waals surface area (Å²) >= 11 is 0. The number of guanidine groups is 1. The fourth-order valence-corrected chi connectivity index (χ4v) is 19.7. The Morgan fingerprint density at radius 2 is 0.785 bits per heavy atom. The van der Waals surface area contributed by atoms with Gasteiger partial charge in [-0.15, -0.1) is 17.0 Å². The summed E-state index contributed by atoms with van der Waals surface area (Å²) in [5, 5.41) is 22.3. The van der Waals surface area contributed by atoms with E-state index in [9.17, 15) is 14.4 Å². The minimum atomic E-state index is -1.96. The van der Waals surface area contributed by atoms with E-state index in [0.29, 0.717) is 78.3 Å². The van der Waals surface area contributed by atoms with Gasteiger partial charge in [-0.25, -0.2) is 4.79 Å². The van der Waals surface area contributed by atoms with Gasteiger partial charge < -0.3 is 40.4 Å². The van der Waals surface area contributed by atoms with Crippen LogP contribution in [-0.2, 0) is 23.8 Å². The Kier molecular flexibility index (Phi) is 23.2. The van der Waals surface area contributed by atoms with E-state index in [-0.39, 0.29) is 34.8 Å². The molecule has 0 aromatic heterocycles. The number of benzene rings is 6. The Labute approximate surface area is 481 Å². The second-order valence-corrected chi connectivity index (χ2v) is 28.9. The maximum atomic E-state index is 13.8. The quantitative estimate of drug-likeness (QED) is 0.0256. The lowest BCUT2D eigenvalue weighted by Crippen LogP contribution is -2.52. The van der Waals surface area contributed by atoms with Crippen LogP contribution in [0.25, 0.3) is 0 Å². The van der Waals surface area contributed by atoms with Crippen LogP contribution in [0.5, 0.6) is 0 Å². The number of hydrogen-bond acceptors (Lipinski definition) is 7. The van der Waals surface area contributed by atoms with E-state index in [0.717, 1.165) is 25.2 Å². The number of carbonyl (C=O) groups is 3. The van der Waals surface area contributed by atoms with Gasteiger partial charge in [0.05, 0.1) is 23.2 Å². The molecule has 2 saturated heterocycles. The molecule has 6 aromatic carbocycles. The van der Waals surface area contributed by atoms with Crippen molar-refractivity contribution in [2.75, 3.05) is 79.0 Å². The van der Waals surface area contributed by atoms with Gasteiger partial charge in [-0.05, 0) is 132 Å². The van der Waals surface area contributed by atoms with Crippen molar-refractivity contribution < 1.29 is 28.6 Å². The van der Waals surface area contributed by atoms with Crippen LogP contribution < -0.4 is 48.2 Å². The van der Waals surface area contributed by atoms with Gasteiger partial charge in [0.15, 0.2) is 5.96 Å². The lowest BCUT2D eigenvalue weighted by atomic mass is 9.78. The molecular formula is C64H83BrN6O6P2+2. The highest BCUT2D eigenvalue weighted by atomic mass is 79.9. The predicted octanol–water partition coefficient (Wildman–Crippen LogP) is 8.84. The first kappa shape index (κ1) is 62.3. The molecule has 0 aliphatic carbocycles. The van der Waals surface area contributed by atoms with Gasteiger partial charge in [0, 0.05) is 66.7 Å². The molecular weight excluding hydrogens is 1090 g/mol. The van der Waals surface area contributed by atoms with Gasteiger partial charge in [-0.2, -0.15) is 0 Å². The van der Waals surface area contributed by atoms with Gasteiger partial charge in [-0.1, -0.05) is 109 Å². The van der Waals surface area contributed by atoms with Crippen molar-refractivity contribution in [3.05, 3.63) is 182 Å². The highest BCUT2D eigenvalue weighted by Crippen LogP contribution is 2.57. The fourth-order valence-electron chi connectivity index (χ4n) is 11.0. The maximum Gasteiger partial charge on any atom is 0.410 e. The standard InChI is InChI=1S/C34H43N2O4P.C30H37N4O2P.BrH/c1-33(2,3)40-32(38)36(4)27-34(21-24-39-25-22-34)31(37)35-23-14-26-41(28-15-8-5-9-16-28,29-17-10-6-11-18-29)30-19-12-7-13-20-30;1-34(29(31)32)24-30(18-21-36-22-19-30)28(35)33-20-11-23-37(25-12-5-2-6-13-25,26-14-7-3-8-15-26)27-16-9-4-10-17-27;/h5-13,15-20H,14,21-27H2,1-4H3;2-10,12-17H,11,18-24H2,1H3,(H3-,31,32,33,35);1H/p+2. The third-order valence-electron chi connectivity index (χ3n) is 15.2. The Morgan fingerprint density at radius 1 is 0.519 bits per heavy atom. The predicted molar refractivity (Wildman–Crippen MR) is 334 cm³/mol. The minimum Gasteiger partial charge on any atom is -0.444 e. The summed E-state index contributed by atoms with van der Waals surface area (Å²) in [6, 6.07) is 64.8. The minimum absolute atomic E-state index is 0. The molecule has 2 aliphatic rings. The van der Waals surface area contributed by atoms with Crippen molar-refractivity contribution in [1.29, 1.82) is 5.41 Å². The highest BCUT2D eigenvalue weighted by molar-refractivity contribution is 8.93. The Balaban J connectivity index is 0.000000253. The van der Waals surface area contributed by atoms with Crippen molar-refractivity contribution in [3.63, 3.8) is 0 Å². The number of amides is 3. The number of nitrogens with two attached hydrogens (primary N) is 1. The SMILES string of the molecule is Br.CN(CC1(C(=O)NCCC[P+](c2ccccc2)(c2ccccc2)c2ccccc2)CCOCC1)C(=N)N.CN(CC1(C(=O)NCCC[P+](c2ccccc2)(c2ccccc2)c2ccccc2)CCOCC1)C(=O)OC(C)(C)C. The average molecular weight is 1170 g/mol. The van der Waals surface area contributed by atoms with Gasteiger partial charge >= 0.3 is 6.09 Å². The molecule has 0 saturated carbocycles. The van der Waals surface area contributed by atoms with Crippen LogP contribution >= 0.6 is 31.5 Å². The van der Waals surface area contributed by atoms with Crippen molar-refractivity contribution in [2.24, 2.45) is 16.6 Å². The lowest BCUT2D eigenvalue weighted by Gasteiger charge is -2.38. The first-order chi connectivity index (χ1) is 37.6. The van der Waals surface area contributed by atoms with Gasteiger partial charge in [0.2, 0.25) is 11.8 Å². The number of rotatable bonds is 20. The van der Waals surface area contributed by atoms with Crippen LogP contribution in [-0.4, -0.2) is 118 Å². The summed E-state index contributed by atoms with van der Waals surface area (Å²) < 4.78 is 16.7. The number of nitrogens with zero attached hydrogens (tertiary/aromatic N) is 2. The Morgan fingerprint density at radius 3 is 1.04 bits per heavy atom. The second kappa shape index (κ2) is 29.5. The molecule has 12 nitrogen and oxygen atoms in total. The third-order valence-corrected chi connectivity index (χ3v) is 24.2. The monoisotopic (exact) mass is 1170 g/mol. The van der Waals surface area contributed by atoms with Gasteiger partial charge in [0.25, 0.3) is 0 Å². The van der Waals surface area contributed by atoms with E-state index in [1.54, 1.807) is 19.0 Å². The van der Waals surface area contributed by atoms with Gasteiger partial charge in [0.1, 0.15) is 52.0 Å². The molecule has 0 radical (unpaired) electrons. The first-order valence-electron chi connectivity index (χ1n) is 27.5. The third kappa shape index (κ3) is 15.9. The molecule has 5 N–H and O–H groups in total. The Hall–Kier alpha value is -5.94. The Bertz CT molecular complexity index is 2610. The summed E-state index contributed by atoms with van der Waals surface area (Å²) in [6.07, 6.45) is 5.55. The van der Waals surface area contributed by atoms with Crippen molar-refractivity contribution in [2.45, 2.75) is 64.9 Å². The van der Waals surface area contributed by atoms with Crippen LogP contribution in [0, 0.1) is 16.2 Å². The zero-order chi connectivity index (χ0) is 55.5. The van der Waals surface area contributed by atoms with E-state index in [2.05, 4.69) is 193 Å². The molecule has 79 heavy (non-hydrogen) atoms. The number of nitrogens with one attached hydrogen (secondary N) is 3. The summed E-state index contributed by atoms with van der Waals surface area (Å²) in [7, 11) is -0.407. The summed E-state index contributed by atoms with van der Waals surface area (Å²) in [5.41, 5.74) is 3.81. The summed E-state index contributed by atoms with van der Waals surface area (Å²) in [4.78, 5) is 43.2.